The fraction of sp³-hybridized carbons (Fsp3) is 0.857. The molecule has 0 saturated heterocycles. The van der Waals surface area contributed by atoms with Crippen LogP contribution in [0.1, 0.15) is 45.4 Å². The molecule has 0 heterocycles. The Morgan fingerprint density at radius 2 is 1.93 bits per heavy atom. The zero-order valence-electron chi connectivity index (χ0n) is 10.3. The molecule has 0 spiro atoms. The monoisotopic (exact) mass is 207 g/mol. The van der Waals surface area contributed by atoms with Crippen molar-refractivity contribution in [1.82, 2.24) is 5.32 Å². The maximum Gasteiger partial charge on any atom is 0.0101 e. The van der Waals surface area contributed by atoms with Crippen LogP contribution in [0, 0.1) is 17.8 Å². The van der Waals surface area contributed by atoms with Crippen molar-refractivity contribution in [1.29, 1.82) is 0 Å². The van der Waals surface area contributed by atoms with E-state index >= 15 is 0 Å². The summed E-state index contributed by atoms with van der Waals surface area (Å²) in [6, 6.07) is 0.759. The van der Waals surface area contributed by atoms with Crippen molar-refractivity contribution in [2.75, 3.05) is 7.05 Å². The smallest absolute Gasteiger partial charge is 0.0101 e. The Hall–Kier alpha value is -0.300. The highest BCUT2D eigenvalue weighted by Crippen LogP contribution is 2.57. The van der Waals surface area contributed by atoms with Crippen molar-refractivity contribution in [3.8, 4) is 0 Å². The van der Waals surface area contributed by atoms with Crippen molar-refractivity contribution >= 4 is 0 Å². The van der Waals surface area contributed by atoms with Gasteiger partial charge in [0, 0.05) is 6.04 Å². The van der Waals surface area contributed by atoms with E-state index in [0.29, 0.717) is 0 Å². The molecule has 0 bridgehead atoms. The molecular formula is C14H25N. The molecule has 0 radical (unpaired) electrons. The molecule has 86 valence electrons. The lowest BCUT2D eigenvalue weighted by Gasteiger charge is -2.16. The molecule has 15 heavy (non-hydrogen) atoms. The van der Waals surface area contributed by atoms with Crippen LogP contribution in [0.25, 0.3) is 0 Å². The summed E-state index contributed by atoms with van der Waals surface area (Å²) in [6.07, 6.45) is 8.45. The number of fused-ring (bicyclic) bond motifs is 1. The Balaban J connectivity index is 1.82. The maximum absolute atomic E-state index is 4.00. The molecule has 2 aliphatic rings. The third-order valence-corrected chi connectivity index (χ3v) is 4.44. The average Bonchev–Trinajstić information content (AvgIpc) is 2.94. The third kappa shape index (κ3) is 2.44. The molecule has 0 aromatic heterocycles. The molecule has 2 rings (SSSR count). The molecular weight excluding hydrogens is 182 g/mol. The number of hydrogen-bond donors (Lipinski definition) is 1. The topological polar surface area (TPSA) is 12.0 Å². The largest absolute Gasteiger partial charge is 0.317 e. The Morgan fingerprint density at radius 1 is 1.33 bits per heavy atom. The van der Waals surface area contributed by atoms with Crippen LogP contribution in [-0.2, 0) is 0 Å². The van der Waals surface area contributed by atoms with Gasteiger partial charge in [0.1, 0.15) is 0 Å². The predicted octanol–water partition coefficient (Wildman–Crippen LogP) is 3.37. The summed E-state index contributed by atoms with van der Waals surface area (Å²) in [5.74, 6) is 3.14. The van der Waals surface area contributed by atoms with Crippen LogP contribution in [0.3, 0.4) is 0 Å². The maximum atomic E-state index is 4.00. The lowest BCUT2D eigenvalue weighted by molar-refractivity contribution is 0.435. The minimum atomic E-state index is 0.759. The predicted molar refractivity (Wildman–Crippen MR) is 65.8 cm³/mol. The van der Waals surface area contributed by atoms with E-state index in [0.717, 1.165) is 23.8 Å². The lowest BCUT2D eigenvalue weighted by atomic mass is 10.0. The van der Waals surface area contributed by atoms with Gasteiger partial charge < -0.3 is 5.32 Å². The Labute approximate surface area is 94.3 Å². The Bertz CT molecular complexity index is 221. The molecule has 0 aromatic carbocycles. The van der Waals surface area contributed by atoms with E-state index in [4.69, 9.17) is 0 Å². The van der Waals surface area contributed by atoms with Gasteiger partial charge in [-0.25, -0.2) is 0 Å². The van der Waals surface area contributed by atoms with Crippen molar-refractivity contribution in [2.24, 2.45) is 17.8 Å². The second kappa shape index (κ2) is 4.69. The van der Waals surface area contributed by atoms with Crippen molar-refractivity contribution in [3.63, 3.8) is 0 Å². The third-order valence-electron chi connectivity index (χ3n) is 4.44. The van der Waals surface area contributed by atoms with Gasteiger partial charge in [0.2, 0.25) is 0 Å². The van der Waals surface area contributed by atoms with Crippen LogP contribution in [-0.4, -0.2) is 13.1 Å². The molecule has 1 nitrogen and oxygen atoms in total. The van der Waals surface area contributed by atoms with Crippen LogP contribution in [0.4, 0.5) is 0 Å². The van der Waals surface area contributed by atoms with Crippen LogP contribution >= 0.6 is 0 Å². The standard InChI is InChI=1S/C14H25N/c1-10(2)8-9-13(15-3)14-11-6-4-5-7-12(11)14/h11-15H,1,4-9H2,2-3H3. The van der Waals surface area contributed by atoms with Gasteiger partial charge in [-0.1, -0.05) is 18.4 Å². The first-order valence-corrected chi connectivity index (χ1v) is 6.55. The number of hydrogen-bond acceptors (Lipinski definition) is 1. The van der Waals surface area contributed by atoms with E-state index in [9.17, 15) is 0 Å². The summed E-state index contributed by atoms with van der Waals surface area (Å²) in [4.78, 5) is 0. The quantitative estimate of drug-likeness (QED) is 0.682. The van der Waals surface area contributed by atoms with Gasteiger partial charge in [-0.3, -0.25) is 0 Å². The first-order chi connectivity index (χ1) is 7.24. The molecule has 2 aliphatic carbocycles. The molecule has 1 N–H and O–H groups in total. The second-order valence-electron chi connectivity index (χ2n) is 5.58. The zero-order valence-corrected chi connectivity index (χ0v) is 10.3. The first-order valence-electron chi connectivity index (χ1n) is 6.55. The van der Waals surface area contributed by atoms with Crippen LogP contribution in [0.15, 0.2) is 12.2 Å². The van der Waals surface area contributed by atoms with Gasteiger partial charge in [0.05, 0.1) is 0 Å². The fourth-order valence-electron chi connectivity index (χ4n) is 3.58. The Morgan fingerprint density at radius 3 is 2.40 bits per heavy atom. The van der Waals surface area contributed by atoms with Gasteiger partial charge in [-0.2, -0.15) is 0 Å². The molecule has 2 saturated carbocycles. The van der Waals surface area contributed by atoms with Crippen molar-refractivity contribution < 1.29 is 0 Å². The van der Waals surface area contributed by atoms with E-state index in [1.54, 1.807) is 0 Å². The van der Waals surface area contributed by atoms with Crippen LogP contribution < -0.4 is 5.32 Å². The van der Waals surface area contributed by atoms with Gasteiger partial charge in [0.15, 0.2) is 0 Å². The fourth-order valence-corrected chi connectivity index (χ4v) is 3.58. The van der Waals surface area contributed by atoms with E-state index < -0.39 is 0 Å². The van der Waals surface area contributed by atoms with Crippen LogP contribution in [0.5, 0.6) is 0 Å². The first kappa shape index (κ1) is 11.2. The lowest BCUT2D eigenvalue weighted by Crippen LogP contribution is -2.28. The molecule has 3 atom stereocenters. The molecule has 3 unspecified atom stereocenters. The molecule has 0 aliphatic heterocycles. The highest BCUT2D eigenvalue weighted by Gasteiger charge is 2.53. The summed E-state index contributed by atoms with van der Waals surface area (Å²) < 4.78 is 0. The summed E-state index contributed by atoms with van der Waals surface area (Å²) in [7, 11) is 2.13. The molecule has 1 heteroatoms. The SMILES string of the molecule is C=C(C)CCC(NC)C1C2CCCCC21. The highest BCUT2D eigenvalue weighted by molar-refractivity contribution is 5.05. The van der Waals surface area contributed by atoms with E-state index in [1.165, 1.54) is 44.1 Å². The van der Waals surface area contributed by atoms with Crippen molar-refractivity contribution in [3.05, 3.63) is 12.2 Å². The van der Waals surface area contributed by atoms with Gasteiger partial charge in [0.25, 0.3) is 0 Å². The zero-order chi connectivity index (χ0) is 10.8. The minimum Gasteiger partial charge on any atom is -0.317 e. The van der Waals surface area contributed by atoms with Gasteiger partial charge in [-0.15, -0.1) is 6.58 Å². The summed E-state index contributed by atoms with van der Waals surface area (Å²) in [5, 5.41) is 3.53. The van der Waals surface area contributed by atoms with E-state index in [2.05, 4.69) is 25.9 Å². The molecule has 0 aromatic rings. The van der Waals surface area contributed by atoms with Gasteiger partial charge in [-0.05, 0) is 57.4 Å². The molecule has 2 fully saturated rings. The van der Waals surface area contributed by atoms with E-state index in [1.807, 2.05) is 0 Å². The average molecular weight is 207 g/mol. The highest BCUT2D eigenvalue weighted by atomic mass is 14.9. The number of allylic oxidation sites excluding steroid dienone is 1. The van der Waals surface area contributed by atoms with Crippen LogP contribution in [0.2, 0.25) is 0 Å². The summed E-state index contributed by atoms with van der Waals surface area (Å²) in [5.41, 5.74) is 1.33. The number of nitrogens with one attached hydrogen (secondary N) is 1. The van der Waals surface area contributed by atoms with E-state index in [-0.39, 0.29) is 0 Å². The van der Waals surface area contributed by atoms with Crippen molar-refractivity contribution in [2.45, 2.75) is 51.5 Å². The summed E-state index contributed by atoms with van der Waals surface area (Å²) in [6.45, 7) is 6.15. The number of rotatable bonds is 5. The minimum absolute atomic E-state index is 0.759. The molecule has 0 amide bonds. The normalized spacial score (nSPS) is 35.7. The Kier molecular flexibility index (Phi) is 3.50. The second-order valence-corrected chi connectivity index (χ2v) is 5.58. The summed E-state index contributed by atoms with van der Waals surface area (Å²) >= 11 is 0. The van der Waals surface area contributed by atoms with Gasteiger partial charge >= 0.3 is 0 Å².